The van der Waals surface area contributed by atoms with Gasteiger partial charge in [-0.25, -0.2) is 4.98 Å². The number of nitrogens with zero attached hydrogens (tertiary/aromatic N) is 5. The second-order valence-corrected chi connectivity index (χ2v) is 4.71. The number of nitrogens with one attached hydrogen (secondary N) is 1. The van der Waals surface area contributed by atoms with Crippen LogP contribution in [-0.2, 0) is 0 Å². The molecule has 0 amide bonds. The average molecular weight is 270 g/mol. The molecule has 0 fully saturated rings. The van der Waals surface area contributed by atoms with Crippen LogP contribution in [0.2, 0.25) is 0 Å². The van der Waals surface area contributed by atoms with Gasteiger partial charge in [0, 0.05) is 7.05 Å². The van der Waals surface area contributed by atoms with Crippen molar-refractivity contribution in [3.05, 3.63) is 6.33 Å². The number of hydrogen-bond donors (Lipinski definition) is 1. The van der Waals surface area contributed by atoms with Gasteiger partial charge in [-0.3, -0.25) is 0 Å². The molecular weight excluding hydrogens is 260 g/mol. The van der Waals surface area contributed by atoms with Gasteiger partial charge in [0.25, 0.3) is 0 Å². The van der Waals surface area contributed by atoms with Crippen LogP contribution in [-0.4, -0.2) is 38.0 Å². The normalized spacial score (nSPS) is 10.2. The molecule has 0 radical (unpaired) electrons. The molecule has 0 aliphatic heterocycles. The van der Waals surface area contributed by atoms with Gasteiger partial charge in [-0.1, -0.05) is 0 Å². The van der Waals surface area contributed by atoms with E-state index >= 15 is 0 Å². The molecule has 1 N–H and O–H groups in total. The summed E-state index contributed by atoms with van der Waals surface area (Å²) < 4.78 is 9.95. The molecule has 0 saturated carbocycles. The van der Waals surface area contributed by atoms with Gasteiger partial charge in [0.1, 0.15) is 6.33 Å². The minimum absolute atomic E-state index is 0.305. The van der Waals surface area contributed by atoms with Crippen LogP contribution in [0.15, 0.2) is 15.8 Å². The van der Waals surface area contributed by atoms with Crippen molar-refractivity contribution in [1.82, 2.24) is 24.3 Å². The topological polar surface area (TPSA) is 85.7 Å². The molecule has 0 unspecified atom stereocenters. The van der Waals surface area contributed by atoms with Gasteiger partial charge >= 0.3 is 6.01 Å². The van der Waals surface area contributed by atoms with E-state index in [1.54, 1.807) is 7.05 Å². The summed E-state index contributed by atoms with van der Waals surface area (Å²) in [4.78, 5) is 16.5. The maximum absolute atomic E-state index is 5.26. The lowest BCUT2D eigenvalue weighted by Crippen LogP contribution is -2.04. The Morgan fingerprint density at radius 1 is 1.41 bits per heavy atom. The fraction of sp³-hybridized carbons (Fsp3) is 0.375. The standard InChI is InChI=1S/C8H10N6OS2/c1-3-15-6-12-5(9-2)13-7(14-6)16-8-10-4-11-17-8/h4H,3H2,1-2H3,(H,9,12,13,14). The smallest absolute Gasteiger partial charge is 0.322 e. The highest BCUT2D eigenvalue weighted by molar-refractivity contribution is 8.00. The second-order valence-electron chi connectivity index (χ2n) is 2.72. The first kappa shape index (κ1) is 12.0. The van der Waals surface area contributed by atoms with Crippen LogP contribution in [0.1, 0.15) is 6.92 Å². The zero-order chi connectivity index (χ0) is 12.1. The number of aromatic nitrogens is 5. The van der Waals surface area contributed by atoms with E-state index < -0.39 is 0 Å². The Balaban J connectivity index is 2.23. The van der Waals surface area contributed by atoms with Gasteiger partial charge in [0.15, 0.2) is 4.34 Å². The van der Waals surface area contributed by atoms with E-state index in [0.717, 1.165) is 4.34 Å². The minimum Gasteiger partial charge on any atom is -0.464 e. The van der Waals surface area contributed by atoms with E-state index in [4.69, 9.17) is 4.74 Å². The van der Waals surface area contributed by atoms with Crippen molar-refractivity contribution in [1.29, 1.82) is 0 Å². The maximum atomic E-state index is 5.26. The first-order chi connectivity index (χ1) is 8.31. The zero-order valence-corrected chi connectivity index (χ0v) is 10.9. The van der Waals surface area contributed by atoms with Gasteiger partial charge in [-0.15, -0.1) is 0 Å². The predicted octanol–water partition coefficient (Wildman–Crippen LogP) is 1.31. The third-order valence-electron chi connectivity index (χ3n) is 1.61. The highest BCUT2D eigenvalue weighted by atomic mass is 32.2. The van der Waals surface area contributed by atoms with E-state index in [9.17, 15) is 0 Å². The predicted molar refractivity (Wildman–Crippen MR) is 64.6 cm³/mol. The number of ether oxygens (including phenoxy) is 1. The van der Waals surface area contributed by atoms with Gasteiger partial charge < -0.3 is 10.1 Å². The van der Waals surface area contributed by atoms with Gasteiger partial charge in [0.2, 0.25) is 11.1 Å². The fourth-order valence-electron chi connectivity index (χ4n) is 0.975. The lowest BCUT2D eigenvalue weighted by Gasteiger charge is -2.04. The van der Waals surface area contributed by atoms with Crippen LogP contribution in [0.3, 0.4) is 0 Å². The highest BCUT2D eigenvalue weighted by Crippen LogP contribution is 2.26. The molecule has 9 heteroatoms. The summed E-state index contributed by atoms with van der Waals surface area (Å²) in [6.07, 6.45) is 1.50. The van der Waals surface area contributed by atoms with E-state index in [2.05, 4.69) is 29.6 Å². The van der Waals surface area contributed by atoms with Crippen molar-refractivity contribution in [3.63, 3.8) is 0 Å². The maximum Gasteiger partial charge on any atom is 0.322 e. The average Bonchev–Trinajstić information content (AvgIpc) is 2.82. The summed E-state index contributed by atoms with van der Waals surface area (Å²) in [7, 11) is 1.74. The Morgan fingerprint density at radius 2 is 2.29 bits per heavy atom. The van der Waals surface area contributed by atoms with Crippen LogP contribution >= 0.6 is 23.3 Å². The molecule has 0 bridgehead atoms. The Morgan fingerprint density at radius 3 is 2.94 bits per heavy atom. The monoisotopic (exact) mass is 270 g/mol. The van der Waals surface area contributed by atoms with Crippen LogP contribution in [0.4, 0.5) is 5.95 Å². The lowest BCUT2D eigenvalue weighted by molar-refractivity contribution is 0.308. The number of anilines is 1. The lowest BCUT2D eigenvalue weighted by atomic mass is 10.8. The molecule has 7 nitrogen and oxygen atoms in total. The van der Waals surface area contributed by atoms with Gasteiger partial charge in [0.05, 0.1) is 6.61 Å². The molecule has 0 aliphatic carbocycles. The van der Waals surface area contributed by atoms with E-state index in [-0.39, 0.29) is 0 Å². The Bertz CT molecular complexity index is 477. The Hall–Kier alpha value is -1.48. The van der Waals surface area contributed by atoms with Crippen LogP contribution < -0.4 is 10.1 Å². The summed E-state index contributed by atoms with van der Waals surface area (Å²) in [5, 5.41) is 3.39. The van der Waals surface area contributed by atoms with Crippen molar-refractivity contribution < 1.29 is 4.74 Å². The van der Waals surface area contributed by atoms with E-state index in [1.165, 1.54) is 29.6 Å². The van der Waals surface area contributed by atoms with Crippen molar-refractivity contribution in [2.75, 3.05) is 19.0 Å². The fourth-order valence-corrected chi connectivity index (χ4v) is 2.27. The summed E-state index contributed by atoms with van der Waals surface area (Å²) in [6, 6.07) is 0.305. The number of rotatable bonds is 5. The second kappa shape index (κ2) is 5.73. The SMILES string of the molecule is CCOc1nc(NC)nc(Sc2ncns2)n1. The third-order valence-corrected chi connectivity index (χ3v) is 3.19. The van der Waals surface area contributed by atoms with E-state index in [0.29, 0.717) is 23.7 Å². The van der Waals surface area contributed by atoms with Crippen molar-refractivity contribution >= 4 is 29.2 Å². The zero-order valence-electron chi connectivity index (χ0n) is 9.25. The summed E-state index contributed by atoms with van der Waals surface area (Å²) in [6.45, 7) is 2.39. The summed E-state index contributed by atoms with van der Waals surface area (Å²) in [5.74, 6) is 0.468. The van der Waals surface area contributed by atoms with Crippen molar-refractivity contribution in [3.8, 4) is 6.01 Å². The molecule has 0 atom stereocenters. The minimum atomic E-state index is 0.305. The largest absolute Gasteiger partial charge is 0.464 e. The van der Waals surface area contributed by atoms with Gasteiger partial charge in [-0.05, 0) is 30.2 Å². The first-order valence-corrected chi connectivity index (χ1v) is 6.42. The summed E-state index contributed by atoms with van der Waals surface area (Å²) in [5.41, 5.74) is 0. The molecule has 2 rings (SSSR count). The summed E-state index contributed by atoms with van der Waals surface area (Å²) >= 11 is 2.62. The Labute approximate surface area is 106 Å². The molecule has 0 spiro atoms. The molecule has 0 saturated heterocycles. The molecular formula is C8H10N6OS2. The molecule has 0 aromatic carbocycles. The molecule has 2 heterocycles. The van der Waals surface area contributed by atoms with E-state index in [1.807, 2.05) is 6.92 Å². The molecule has 90 valence electrons. The van der Waals surface area contributed by atoms with Crippen molar-refractivity contribution in [2.45, 2.75) is 16.4 Å². The van der Waals surface area contributed by atoms with Crippen LogP contribution in [0.5, 0.6) is 6.01 Å². The molecule has 17 heavy (non-hydrogen) atoms. The van der Waals surface area contributed by atoms with Crippen LogP contribution in [0.25, 0.3) is 0 Å². The molecule has 0 aliphatic rings. The van der Waals surface area contributed by atoms with Crippen molar-refractivity contribution in [2.24, 2.45) is 0 Å². The number of hydrogen-bond acceptors (Lipinski definition) is 9. The molecule has 2 aromatic rings. The quantitative estimate of drug-likeness (QED) is 0.870. The highest BCUT2D eigenvalue weighted by Gasteiger charge is 2.09. The Kier molecular flexibility index (Phi) is 4.04. The first-order valence-electron chi connectivity index (χ1n) is 4.83. The third kappa shape index (κ3) is 3.24. The van der Waals surface area contributed by atoms with Crippen LogP contribution in [0, 0.1) is 0 Å². The molecule has 2 aromatic heterocycles. The van der Waals surface area contributed by atoms with Gasteiger partial charge in [-0.2, -0.15) is 19.3 Å².